The molecule has 4 nitrogen and oxygen atoms in total. The number of benzene rings is 2. The number of nitrogens with zero attached hydrogens (tertiary/aromatic N) is 2. The zero-order valence-corrected chi connectivity index (χ0v) is 13.9. The molecule has 4 aromatic rings. The Kier molecular flexibility index (Phi) is 4.02. The molecule has 0 spiro atoms. The third kappa shape index (κ3) is 2.94. The van der Waals surface area contributed by atoms with Gasteiger partial charge in [0.1, 0.15) is 5.69 Å². The first-order valence-corrected chi connectivity index (χ1v) is 7.99. The van der Waals surface area contributed by atoms with E-state index in [4.69, 9.17) is 0 Å². The van der Waals surface area contributed by atoms with Gasteiger partial charge in [0.2, 0.25) is 0 Å². The van der Waals surface area contributed by atoms with Crippen molar-refractivity contribution in [3.05, 3.63) is 82.3 Å². The van der Waals surface area contributed by atoms with Gasteiger partial charge in [0.25, 0.3) is 5.56 Å². The van der Waals surface area contributed by atoms with Crippen molar-refractivity contribution in [1.82, 2.24) is 14.6 Å². The summed E-state index contributed by atoms with van der Waals surface area (Å²) in [7, 11) is 0. The molecule has 0 fully saturated rings. The van der Waals surface area contributed by atoms with Crippen LogP contribution in [0.15, 0.2) is 59.4 Å². The van der Waals surface area contributed by atoms with Gasteiger partial charge in [0.05, 0.1) is 11.3 Å². The first kappa shape index (κ1) is 17.9. The topological polar surface area (TPSA) is 50.2 Å². The number of aromatic amines is 1. The van der Waals surface area contributed by atoms with Gasteiger partial charge in [-0.2, -0.15) is 13.2 Å². The van der Waals surface area contributed by atoms with Crippen molar-refractivity contribution in [1.29, 1.82) is 0 Å². The molecule has 0 saturated heterocycles. The van der Waals surface area contributed by atoms with Crippen molar-refractivity contribution in [2.75, 3.05) is 0 Å². The van der Waals surface area contributed by atoms with E-state index in [1.165, 1.54) is 18.2 Å². The summed E-state index contributed by atoms with van der Waals surface area (Å²) in [6.45, 7) is 0. The minimum absolute atomic E-state index is 0.0623. The van der Waals surface area contributed by atoms with Crippen LogP contribution in [-0.4, -0.2) is 14.6 Å². The summed E-state index contributed by atoms with van der Waals surface area (Å²) in [5, 5.41) is 2.05. The second-order valence-electron chi connectivity index (χ2n) is 5.99. The van der Waals surface area contributed by atoms with Gasteiger partial charge in [0, 0.05) is 11.6 Å². The van der Waals surface area contributed by atoms with E-state index in [2.05, 4.69) is 10.1 Å². The lowest BCUT2D eigenvalue weighted by atomic mass is 10.1. The van der Waals surface area contributed by atoms with E-state index in [0.29, 0.717) is 4.52 Å². The number of H-pyrrole nitrogens is 1. The molecule has 2 aromatic heterocycles. The smallest absolute Gasteiger partial charge is 0.284 e. The van der Waals surface area contributed by atoms with Crippen LogP contribution in [0.25, 0.3) is 28.0 Å². The van der Waals surface area contributed by atoms with E-state index in [-0.39, 0.29) is 28.0 Å². The number of hydrogen-bond acceptors (Lipinski definition) is 2. The van der Waals surface area contributed by atoms with E-state index in [9.17, 15) is 26.7 Å². The minimum Gasteiger partial charge on any atom is -0.284 e. The van der Waals surface area contributed by atoms with E-state index < -0.39 is 29.1 Å². The molecule has 142 valence electrons. The summed E-state index contributed by atoms with van der Waals surface area (Å²) in [6, 6.07) is 11.5. The molecule has 4 rings (SSSR count). The van der Waals surface area contributed by atoms with Crippen molar-refractivity contribution in [2.45, 2.75) is 6.18 Å². The number of halogens is 5. The first-order valence-electron chi connectivity index (χ1n) is 7.99. The van der Waals surface area contributed by atoms with Gasteiger partial charge in [-0.3, -0.25) is 9.89 Å². The zero-order chi connectivity index (χ0) is 20.1. The minimum atomic E-state index is -4.77. The monoisotopic (exact) mass is 391 g/mol. The molecule has 0 unspecified atom stereocenters. The molecule has 0 atom stereocenters. The SMILES string of the molecule is O=c1cc(-c2ccc(F)c(F)c2)nc2c(-c3ccccc3)c(C(F)(F)F)[nH]n12. The maximum absolute atomic E-state index is 13.6. The molecule has 0 saturated carbocycles. The predicted octanol–water partition coefficient (Wildman–Crippen LogP) is 4.65. The lowest BCUT2D eigenvalue weighted by Gasteiger charge is -2.07. The number of aromatic nitrogens is 3. The third-order valence-electron chi connectivity index (χ3n) is 4.18. The Labute approximate surface area is 153 Å². The number of hydrogen-bond donors (Lipinski definition) is 1. The van der Waals surface area contributed by atoms with Crippen LogP contribution in [0.4, 0.5) is 22.0 Å². The molecule has 0 aliphatic carbocycles. The summed E-state index contributed by atoms with van der Waals surface area (Å²) < 4.78 is 68.1. The number of nitrogens with one attached hydrogen (secondary N) is 1. The van der Waals surface area contributed by atoms with Gasteiger partial charge in [-0.1, -0.05) is 30.3 Å². The summed E-state index contributed by atoms with van der Waals surface area (Å²) in [4.78, 5) is 16.5. The van der Waals surface area contributed by atoms with Gasteiger partial charge in [-0.25, -0.2) is 18.3 Å². The van der Waals surface area contributed by atoms with E-state index in [0.717, 1.165) is 18.2 Å². The second-order valence-corrected chi connectivity index (χ2v) is 5.99. The fourth-order valence-electron chi connectivity index (χ4n) is 2.92. The quantitative estimate of drug-likeness (QED) is 0.506. The summed E-state index contributed by atoms with van der Waals surface area (Å²) >= 11 is 0. The van der Waals surface area contributed by atoms with E-state index in [1.54, 1.807) is 18.2 Å². The molecule has 0 aliphatic heterocycles. The van der Waals surface area contributed by atoms with Crippen LogP contribution in [0.5, 0.6) is 0 Å². The van der Waals surface area contributed by atoms with Crippen molar-refractivity contribution in [2.24, 2.45) is 0 Å². The Morgan fingerprint density at radius 2 is 1.61 bits per heavy atom. The number of rotatable bonds is 2. The van der Waals surface area contributed by atoms with Gasteiger partial charge >= 0.3 is 6.18 Å². The molecule has 0 bridgehead atoms. The lowest BCUT2D eigenvalue weighted by molar-refractivity contribution is -0.140. The van der Waals surface area contributed by atoms with E-state index in [1.807, 2.05) is 0 Å². The van der Waals surface area contributed by atoms with Crippen LogP contribution in [0, 0.1) is 11.6 Å². The maximum Gasteiger partial charge on any atom is 0.433 e. The highest BCUT2D eigenvalue weighted by atomic mass is 19.4. The van der Waals surface area contributed by atoms with Gasteiger partial charge < -0.3 is 0 Å². The van der Waals surface area contributed by atoms with Crippen molar-refractivity contribution >= 4 is 5.65 Å². The summed E-state index contributed by atoms with van der Waals surface area (Å²) in [5.41, 5.74) is -2.35. The van der Waals surface area contributed by atoms with Crippen molar-refractivity contribution in [3.63, 3.8) is 0 Å². The highest BCUT2D eigenvalue weighted by molar-refractivity contribution is 5.81. The second kappa shape index (κ2) is 6.29. The van der Waals surface area contributed by atoms with Gasteiger partial charge in [-0.15, -0.1) is 0 Å². The fourth-order valence-corrected chi connectivity index (χ4v) is 2.92. The third-order valence-corrected chi connectivity index (χ3v) is 4.18. The van der Waals surface area contributed by atoms with Gasteiger partial charge in [-0.05, 0) is 23.8 Å². The highest BCUT2D eigenvalue weighted by Crippen LogP contribution is 2.38. The molecule has 0 radical (unpaired) electrons. The van der Waals surface area contributed by atoms with Crippen LogP contribution >= 0.6 is 0 Å². The molecule has 2 heterocycles. The van der Waals surface area contributed by atoms with Crippen LogP contribution < -0.4 is 5.56 Å². The predicted molar refractivity (Wildman–Crippen MR) is 91.6 cm³/mol. The molecule has 0 aliphatic rings. The van der Waals surface area contributed by atoms with Crippen LogP contribution in [0.1, 0.15) is 5.69 Å². The van der Waals surface area contributed by atoms with Crippen LogP contribution in [-0.2, 0) is 6.18 Å². The lowest BCUT2D eigenvalue weighted by Crippen LogP contribution is -2.15. The average Bonchev–Trinajstić information content (AvgIpc) is 3.05. The molecular formula is C19H10F5N3O. The van der Waals surface area contributed by atoms with Crippen LogP contribution in [0.2, 0.25) is 0 Å². The Balaban J connectivity index is 2.06. The Morgan fingerprint density at radius 1 is 0.893 bits per heavy atom. The molecule has 28 heavy (non-hydrogen) atoms. The molecule has 9 heteroatoms. The number of alkyl halides is 3. The largest absolute Gasteiger partial charge is 0.433 e. The molecule has 2 aromatic carbocycles. The van der Waals surface area contributed by atoms with Crippen molar-refractivity contribution < 1.29 is 22.0 Å². The standard InChI is InChI=1S/C19H10F5N3O/c20-12-7-6-11(8-13(12)21)14-9-15(28)27-18(25-14)16(10-4-2-1-3-5-10)17(26-27)19(22,23)24/h1-9,26H. The number of fused-ring (bicyclic) bond motifs is 1. The fraction of sp³-hybridized carbons (Fsp3) is 0.0526. The summed E-state index contributed by atoms with van der Waals surface area (Å²) in [6.07, 6.45) is -4.77. The Morgan fingerprint density at radius 3 is 2.25 bits per heavy atom. The van der Waals surface area contributed by atoms with Crippen molar-refractivity contribution in [3.8, 4) is 22.4 Å². The molecule has 1 N–H and O–H groups in total. The first-order chi connectivity index (χ1) is 13.3. The van der Waals surface area contributed by atoms with Gasteiger partial charge in [0.15, 0.2) is 17.3 Å². The normalized spacial score (nSPS) is 11.9. The summed E-state index contributed by atoms with van der Waals surface area (Å²) in [5.74, 6) is -2.25. The van der Waals surface area contributed by atoms with E-state index >= 15 is 0 Å². The Hall–Kier alpha value is -3.49. The molecular weight excluding hydrogens is 381 g/mol. The average molecular weight is 391 g/mol. The zero-order valence-electron chi connectivity index (χ0n) is 13.9. The Bertz CT molecular complexity index is 1240. The highest BCUT2D eigenvalue weighted by Gasteiger charge is 2.38. The van der Waals surface area contributed by atoms with Crippen LogP contribution in [0.3, 0.4) is 0 Å². The maximum atomic E-state index is 13.6. The molecule has 0 amide bonds.